The number of nitrogens with zero attached hydrogens (tertiary/aromatic N) is 4. The van der Waals surface area contributed by atoms with Gasteiger partial charge >= 0.3 is 0 Å². The van der Waals surface area contributed by atoms with Crippen molar-refractivity contribution in [3.8, 4) is 0 Å². The molecule has 0 saturated carbocycles. The lowest BCUT2D eigenvalue weighted by Gasteiger charge is -2.30. The van der Waals surface area contributed by atoms with Gasteiger partial charge in [0.1, 0.15) is 0 Å². The van der Waals surface area contributed by atoms with Crippen LogP contribution in [0.15, 0.2) is 0 Å². The molecule has 0 atom stereocenters. The molecular formula is C11H22N6. The number of hydrogen-bond donors (Lipinski definition) is 2. The van der Waals surface area contributed by atoms with Crippen LogP contribution < -0.4 is 16.0 Å². The quantitative estimate of drug-likeness (QED) is 0.809. The Labute approximate surface area is 103 Å². The van der Waals surface area contributed by atoms with E-state index in [1.165, 1.54) is 0 Å². The smallest absolute Gasteiger partial charge is 0.232 e. The number of rotatable bonds is 5. The van der Waals surface area contributed by atoms with Gasteiger partial charge in [-0.3, -0.25) is 0 Å². The Morgan fingerprint density at radius 3 is 2.18 bits per heavy atom. The van der Waals surface area contributed by atoms with E-state index in [-0.39, 0.29) is 5.95 Å². The summed E-state index contributed by atoms with van der Waals surface area (Å²) in [6.07, 6.45) is 0. The number of hydrogen-bond acceptors (Lipinski definition) is 6. The Morgan fingerprint density at radius 2 is 1.71 bits per heavy atom. The van der Waals surface area contributed by atoms with E-state index in [4.69, 9.17) is 5.73 Å². The number of aromatic nitrogens is 3. The fourth-order valence-corrected chi connectivity index (χ4v) is 1.79. The van der Waals surface area contributed by atoms with Gasteiger partial charge in [-0.1, -0.05) is 0 Å². The molecule has 0 bridgehead atoms. The molecule has 0 spiro atoms. The average molecular weight is 238 g/mol. The second-order valence-electron chi connectivity index (χ2n) is 4.44. The number of nitrogen functional groups attached to an aromatic ring is 1. The van der Waals surface area contributed by atoms with Crippen LogP contribution >= 0.6 is 0 Å². The van der Waals surface area contributed by atoms with Crippen LogP contribution in [0.4, 0.5) is 17.8 Å². The summed E-state index contributed by atoms with van der Waals surface area (Å²) in [5.74, 6) is 1.40. The van der Waals surface area contributed by atoms with Crippen LogP contribution in [0.25, 0.3) is 0 Å². The molecule has 0 radical (unpaired) electrons. The molecular weight excluding hydrogens is 216 g/mol. The Balaban J connectivity index is 3.10. The van der Waals surface area contributed by atoms with Crippen molar-refractivity contribution >= 4 is 17.8 Å². The highest BCUT2D eigenvalue weighted by atomic mass is 15.3. The van der Waals surface area contributed by atoms with Crippen LogP contribution in [0.5, 0.6) is 0 Å². The van der Waals surface area contributed by atoms with E-state index in [9.17, 15) is 0 Å². The van der Waals surface area contributed by atoms with Gasteiger partial charge < -0.3 is 16.0 Å². The monoisotopic (exact) mass is 238 g/mol. The molecule has 1 aromatic heterocycles. The van der Waals surface area contributed by atoms with E-state index < -0.39 is 0 Å². The molecule has 1 rings (SSSR count). The van der Waals surface area contributed by atoms with Crippen molar-refractivity contribution in [2.45, 2.75) is 46.7 Å². The predicted octanol–water partition coefficient (Wildman–Crippen LogP) is 1.51. The van der Waals surface area contributed by atoms with Gasteiger partial charge in [-0.15, -0.1) is 0 Å². The first kappa shape index (κ1) is 13.5. The molecule has 0 aliphatic carbocycles. The molecule has 17 heavy (non-hydrogen) atoms. The normalized spacial score (nSPS) is 11.0. The summed E-state index contributed by atoms with van der Waals surface area (Å²) >= 11 is 0. The van der Waals surface area contributed by atoms with E-state index >= 15 is 0 Å². The molecule has 0 unspecified atom stereocenters. The van der Waals surface area contributed by atoms with Gasteiger partial charge in [-0.05, 0) is 34.6 Å². The highest BCUT2D eigenvalue weighted by Crippen LogP contribution is 2.17. The van der Waals surface area contributed by atoms with Gasteiger partial charge in [-0.2, -0.15) is 15.0 Å². The zero-order valence-electron chi connectivity index (χ0n) is 11.2. The van der Waals surface area contributed by atoms with Crippen molar-refractivity contribution < 1.29 is 0 Å². The average Bonchev–Trinajstić information content (AvgIpc) is 2.15. The maximum absolute atomic E-state index is 5.70. The molecule has 0 saturated heterocycles. The summed E-state index contributed by atoms with van der Waals surface area (Å²) in [5.41, 5.74) is 5.70. The van der Waals surface area contributed by atoms with Crippen molar-refractivity contribution in [2.24, 2.45) is 0 Å². The molecule has 0 aromatic carbocycles. The fraction of sp³-hybridized carbons (Fsp3) is 0.727. The van der Waals surface area contributed by atoms with Crippen LogP contribution in [0.1, 0.15) is 34.6 Å². The highest BCUT2D eigenvalue weighted by Gasteiger charge is 2.18. The zero-order valence-corrected chi connectivity index (χ0v) is 11.2. The van der Waals surface area contributed by atoms with E-state index in [0.29, 0.717) is 24.0 Å². The summed E-state index contributed by atoms with van der Waals surface area (Å²) in [6, 6.07) is 0.623. The topological polar surface area (TPSA) is 80.0 Å². The molecule has 0 amide bonds. The first-order chi connectivity index (χ1) is 7.95. The molecule has 0 aliphatic rings. The number of nitrogens with two attached hydrogens (primary N) is 1. The maximum atomic E-state index is 5.70. The van der Waals surface area contributed by atoms with Crippen LogP contribution in [0.2, 0.25) is 0 Å². The molecule has 96 valence electrons. The summed E-state index contributed by atoms with van der Waals surface area (Å²) in [4.78, 5) is 14.7. The second-order valence-corrected chi connectivity index (χ2v) is 4.44. The maximum Gasteiger partial charge on any atom is 0.232 e. The first-order valence-corrected chi connectivity index (χ1v) is 5.99. The minimum Gasteiger partial charge on any atom is -0.368 e. The minimum atomic E-state index is 0.247. The lowest BCUT2D eigenvalue weighted by atomic mass is 10.2. The molecule has 6 heteroatoms. The third-order valence-electron chi connectivity index (χ3n) is 2.32. The van der Waals surface area contributed by atoms with Gasteiger partial charge in [0.15, 0.2) is 0 Å². The Morgan fingerprint density at radius 1 is 1.12 bits per heavy atom. The van der Waals surface area contributed by atoms with Crippen molar-refractivity contribution in [2.75, 3.05) is 22.5 Å². The van der Waals surface area contributed by atoms with Gasteiger partial charge in [0, 0.05) is 18.6 Å². The molecule has 1 heterocycles. The number of anilines is 3. The predicted molar refractivity (Wildman–Crippen MR) is 71.2 cm³/mol. The van der Waals surface area contributed by atoms with Crippen molar-refractivity contribution in [1.82, 2.24) is 15.0 Å². The summed E-state index contributed by atoms with van der Waals surface area (Å²) in [5, 5.41) is 3.05. The lowest BCUT2D eigenvalue weighted by molar-refractivity contribution is 0.590. The van der Waals surface area contributed by atoms with Gasteiger partial charge in [0.2, 0.25) is 17.8 Å². The molecule has 3 N–H and O–H groups in total. The van der Waals surface area contributed by atoms with E-state index in [0.717, 1.165) is 6.54 Å². The van der Waals surface area contributed by atoms with Gasteiger partial charge in [0.05, 0.1) is 0 Å². The van der Waals surface area contributed by atoms with Crippen molar-refractivity contribution in [1.29, 1.82) is 0 Å². The van der Waals surface area contributed by atoms with E-state index in [2.05, 4.69) is 52.9 Å². The number of nitrogens with one attached hydrogen (secondary N) is 1. The van der Waals surface area contributed by atoms with Crippen LogP contribution in [-0.2, 0) is 0 Å². The zero-order chi connectivity index (χ0) is 13.0. The van der Waals surface area contributed by atoms with Crippen molar-refractivity contribution in [3.63, 3.8) is 0 Å². The third kappa shape index (κ3) is 3.44. The fourth-order valence-electron chi connectivity index (χ4n) is 1.79. The standard InChI is InChI=1S/C11H22N6/c1-6-13-10-14-9(12)15-11(16-10)17(7(2)3)8(4)5/h7-8H,6H2,1-5H3,(H3,12,13,14,15,16). The van der Waals surface area contributed by atoms with Crippen molar-refractivity contribution in [3.05, 3.63) is 0 Å². The van der Waals surface area contributed by atoms with Crippen LogP contribution in [0.3, 0.4) is 0 Å². The highest BCUT2D eigenvalue weighted by molar-refractivity contribution is 5.43. The second kappa shape index (κ2) is 5.65. The first-order valence-electron chi connectivity index (χ1n) is 5.99. The van der Waals surface area contributed by atoms with E-state index in [1.54, 1.807) is 0 Å². The summed E-state index contributed by atoms with van der Waals surface area (Å²) in [6.45, 7) is 11.2. The van der Waals surface area contributed by atoms with Gasteiger partial charge in [-0.25, -0.2) is 0 Å². The Kier molecular flexibility index (Phi) is 4.48. The minimum absolute atomic E-state index is 0.247. The van der Waals surface area contributed by atoms with Gasteiger partial charge in [0.25, 0.3) is 0 Å². The van der Waals surface area contributed by atoms with E-state index in [1.807, 2.05) is 6.92 Å². The summed E-state index contributed by atoms with van der Waals surface area (Å²) in [7, 11) is 0. The third-order valence-corrected chi connectivity index (χ3v) is 2.32. The Hall–Kier alpha value is -1.59. The molecule has 6 nitrogen and oxygen atoms in total. The summed E-state index contributed by atoms with van der Waals surface area (Å²) < 4.78 is 0. The molecule has 0 aliphatic heterocycles. The molecule has 0 fully saturated rings. The van der Waals surface area contributed by atoms with Crippen LogP contribution in [0, 0.1) is 0 Å². The Bertz CT molecular complexity index is 355. The van der Waals surface area contributed by atoms with Crippen LogP contribution in [-0.4, -0.2) is 33.6 Å². The SMILES string of the molecule is CCNc1nc(N)nc(N(C(C)C)C(C)C)n1. The molecule has 1 aromatic rings. The lowest BCUT2D eigenvalue weighted by Crippen LogP contribution is -2.38. The largest absolute Gasteiger partial charge is 0.368 e.